The SMILES string of the molecule is CNc1ncc2cc(-c3cc(NS(=O)(=O)c4cc(Cl)cnc4OC)cc(F)c3F)c(C)nc2n1. The van der Waals surface area contributed by atoms with E-state index in [-0.39, 0.29) is 32.6 Å². The Balaban J connectivity index is 1.81. The normalized spacial score (nSPS) is 11.5. The van der Waals surface area contributed by atoms with Gasteiger partial charge in [-0.15, -0.1) is 0 Å². The smallest absolute Gasteiger partial charge is 0.267 e. The monoisotopic (exact) mass is 506 g/mol. The lowest BCUT2D eigenvalue weighted by Gasteiger charge is -2.14. The fourth-order valence-corrected chi connectivity index (χ4v) is 4.66. The Kier molecular flexibility index (Phi) is 6.19. The fourth-order valence-electron chi connectivity index (χ4n) is 3.25. The lowest BCUT2D eigenvalue weighted by atomic mass is 10.0. The van der Waals surface area contributed by atoms with E-state index in [9.17, 15) is 17.2 Å². The van der Waals surface area contributed by atoms with Gasteiger partial charge in [-0.25, -0.2) is 32.2 Å². The van der Waals surface area contributed by atoms with Crippen molar-refractivity contribution >= 4 is 44.3 Å². The summed E-state index contributed by atoms with van der Waals surface area (Å²) in [6.45, 7) is 1.60. The van der Waals surface area contributed by atoms with Gasteiger partial charge < -0.3 is 10.1 Å². The molecule has 0 fully saturated rings. The molecule has 1 aromatic carbocycles. The minimum Gasteiger partial charge on any atom is -0.480 e. The summed E-state index contributed by atoms with van der Waals surface area (Å²) in [5, 5.41) is 3.33. The van der Waals surface area contributed by atoms with Crippen molar-refractivity contribution in [3.05, 3.63) is 59.0 Å². The second-order valence-corrected chi connectivity index (χ2v) is 9.15. The molecule has 2 N–H and O–H groups in total. The third-order valence-corrected chi connectivity index (χ3v) is 6.40. The molecule has 4 rings (SSSR count). The highest BCUT2D eigenvalue weighted by Gasteiger charge is 2.24. The summed E-state index contributed by atoms with van der Waals surface area (Å²) >= 11 is 5.88. The Morgan fingerprint density at radius 1 is 1.03 bits per heavy atom. The van der Waals surface area contributed by atoms with Crippen molar-refractivity contribution < 1.29 is 21.9 Å². The van der Waals surface area contributed by atoms with Gasteiger partial charge in [-0.05, 0) is 25.1 Å². The first-order chi connectivity index (χ1) is 16.1. The molecule has 0 radical (unpaired) electrons. The Morgan fingerprint density at radius 2 is 1.79 bits per heavy atom. The molecular formula is C21H17ClF2N6O3S. The van der Waals surface area contributed by atoms with E-state index in [1.54, 1.807) is 20.0 Å². The summed E-state index contributed by atoms with van der Waals surface area (Å²) in [7, 11) is -1.42. The predicted octanol–water partition coefficient (Wildman–Crippen LogP) is 4.18. The number of aromatic nitrogens is 4. The maximum absolute atomic E-state index is 14.8. The number of sulfonamides is 1. The number of benzene rings is 1. The van der Waals surface area contributed by atoms with Gasteiger partial charge in [0.05, 0.1) is 17.8 Å². The van der Waals surface area contributed by atoms with E-state index in [1.807, 2.05) is 0 Å². The first-order valence-electron chi connectivity index (χ1n) is 9.67. The summed E-state index contributed by atoms with van der Waals surface area (Å²) in [6.07, 6.45) is 2.71. The van der Waals surface area contributed by atoms with E-state index < -0.39 is 21.7 Å². The van der Waals surface area contributed by atoms with Crippen LogP contribution in [0, 0.1) is 18.6 Å². The van der Waals surface area contributed by atoms with Crippen molar-refractivity contribution in [2.75, 3.05) is 24.2 Å². The van der Waals surface area contributed by atoms with Gasteiger partial charge in [0, 0.05) is 47.7 Å². The number of rotatable bonds is 6. The number of hydrogen-bond acceptors (Lipinski definition) is 8. The molecule has 0 bridgehead atoms. The van der Waals surface area contributed by atoms with Gasteiger partial charge >= 0.3 is 0 Å². The molecule has 176 valence electrons. The Labute approximate surface area is 198 Å². The summed E-state index contributed by atoms with van der Waals surface area (Å²) in [6, 6.07) is 4.58. The number of aryl methyl sites for hydroxylation is 1. The first-order valence-corrected chi connectivity index (χ1v) is 11.5. The number of ether oxygens (including phenoxy) is 1. The van der Waals surface area contributed by atoms with E-state index in [2.05, 4.69) is 30.0 Å². The zero-order valence-corrected chi connectivity index (χ0v) is 19.6. The van der Waals surface area contributed by atoms with Crippen LogP contribution in [0.2, 0.25) is 5.02 Å². The van der Waals surface area contributed by atoms with Crippen LogP contribution in [0.15, 0.2) is 41.6 Å². The molecular weight excluding hydrogens is 490 g/mol. The number of nitrogens with one attached hydrogen (secondary N) is 2. The maximum atomic E-state index is 14.8. The molecule has 34 heavy (non-hydrogen) atoms. The van der Waals surface area contributed by atoms with Crippen LogP contribution in [0.3, 0.4) is 0 Å². The molecule has 0 saturated heterocycles. The van der Waals surface area contributed by atoms with Crippen LogP contribution in [0.4, 0.5) is 20.4 Å². The van der Waals surface area contributed by atoms with Gasteiger partial charge in [-0.1, -0.05) is 11.6 Å². The van der Waals surface area contributed by atoms with Crippen LogP contribution in [0.5, 0.6) is 5.88 Å². The third-order valence-electron chi connectivity index (χ3n) is 4.82. The van der Waals surface area contributed by atoms with Crippen molar-refractivity contribution in [3.8, 4) is 17.0 Å². The molecule has 0 aliphatic carbocycles. The highest BCUT2D eigenvalue weighted by atomic mass is 35.5. The van der Waals surface area contributed by atoms with Crippen LogP contribution in [-0.4, -0.2) is 42.5 Å². The number of anilines is 2. The second-order valence-electron chi connectivity index (χ2n) is 7.06. The van der Waals surface area contributed by atoms with Gasteiger partial charge in [-0.3, -0.25) is 4.72 Å². The molecule has 3 heterocycles. The number of methoxy groups -OCH3 is 1. The highest BCUT2D eigenvalue weighted by Crippen LogP contribution is 2.33. The Morgan fingerprint density at radius 3 is 2.50 bits per heavy atom. The van der Waals surface area contributed by atoms with Crippen LogP contribution < -0.4 is 14.8 Å². The lowest BCUT2D eigenvalue weighted by Crippen LogP contribution is -2.15. The third kappa shape index (κ3) is 4.41. The number of hydrogen-bond donors (Lipinski definition) is 2. The van der Waals surface area contributed by atoms with Crippen LogP contribution in [-0.2, 0) is 10.0 Å². The van der Waals surface area contributed by atoms with E-state index >= 15 is 0 Å². The predicted molar refractivity (Wildman–Crippen MR) is 124 cm³/mol. The Hall–Kier alpha value is -3.64. The molecule has 4 aromatic rings. The van der Waals surface area contributed by atoms with Gasteiger partial charge in [-0.2, -0.15) is 4.98 Å². The van der Waals surface area contributed by atoms with E-state index in [0.717, 1.165) is 12.1 Å². The molecule has 13 heteroatoms. The summed E-state index contributed by atoms with van der Waals surface area (Å²) < 4.78 is 62.4. The summed E-state index contributed by atoms with van der Waals surface area (Å²) in [5.41, 5.74) is 0.537. The quantitative estimate of drug-likeness (QED) is 0.400. The first kappa shape index (κ1) is 23.5. The van der Waals surface area contributed by atoms with E-state index in [4.69, 9.17) is 16.3 Å². The number of pyridine rings is 2. The lowest BCUT2D eigenvalue weighted by molar-refractivity contribution is 0.385. The number of halogens is 3. The van der Waals surface area contributed by atoms with Crippen molar-refractivity contribution in [1.82, 2.24) is 19.9 Å². The summed E-state index contributed by atoms with van der Waals surface area (Å²) in [5.74, 6) is -2.28. The molecule has 0 aliphatic heterocycles. The van der Waals surface area contributed by atoms with E-state index in [1.165, 1.54) is 25.6 Å². The van der Waals surface area contributed by atoms with Gasteiger partial charge in [0.25, 0.3) is 10.0 Å². The number of nitrogens with zero attached hydrogens (tertiary/aromatic N) is 4. The van der Waals surface area contributed by atoms with Crippen LogP contribution in [0.1, 0.15) is 5.69 Å². The van der Waals surface area contributed by atoms with Gasteiger partial charge in [0.1, 0.15) is 0 Å². The Bertz CT molecular complexity index is 1540. The van der Waals surface area contributed by atoms with Crippen molar-refractivity contribution in [1.29, 1.82) is 0 Å². The molecule has 0 spiro atoms. The molecule has 9 nitrogen and oxygen atoms in total. The van der Waals surface area contributed by atoms with Crippen LogP contribution >= 0.6 is 11.6 Å². The van der Waals surface area contributed by atoms with Gasteiger partial charge in [0.15, 0.2) is 22.2 Å². The zero-order chi connectivity index (χ0) is 24.6. The number of fused-ring (bicyclic) bond motifs is 1. The van der Waals surface area contributed by atoms with E-state index in [0.29, 0.717) is 22.7 Å². The minimum atomic E-state index is -4.31. The average Bonchev–Trinajstić information content (AvgIpc) is 2.80. The topological polar surface area (TPSA) is 119 Å². The molecule has 0 aliphatic rings. The minimum absolute atomic E-state index is 0.0497. The highest BCUT2D eigenvalue weighted by molar-refractivity contribution is 7.92. The standard InChI is InChI=1S/C21H17ClF2N6O3S/c1-10-14(4-11-8-27-21(25-2)29-19(11)28-10)15-6-13(7-16(23)18(15)24)30-34(31,32)17-5-12(22)9-26-20(17)33-3/h4-9,30H,1-3H3,(H,25,27,28,29). The molecule has 0 unspecified atom stereocenters. The van der Waals surface area contributed by atoms with Gasteiger partial charge in [0.2, 0.25) is 11.8 Å². The van der Waals surface area contributed by atoms with Crippen LogP contribution in [0.25, 0.3) is 22.2 Å². The van der Waals surface area contributed by atoms with Crippen molar-refractivity contribution in [3.63, 3.8) is 0 Å². The molecule has 0 saturated carbocycles. The average molecular weight is 507 g/mol. The van der Waals surface area contributed by atoms with Crippen molar-refractivity contribution in [2.24, 2.45) is 0 Å². The zero-order valence-electron chi connectivity index (χ0n) is 18.0. The maximum Gasteiger partial charge on any atom is 0.267 e. The largest absolute Gasteiger partial charge is 0.480 e. The van der Waals surface area contributed by atoms with Crippen molar-refractivity contribution in [2.45, 2.75) is 11.8 Å². The fraction of sp³-hybridized carbons (Fsp3) is 0.143. The second kappa shape index (κ2) is 8.95. The molecule has 0 amide bonds. The summed E-state index contributed by atoms with van der Waals surface area (Å²) in [4.78, 5) is 16.1. The molecule has 3 aromatic heterocycles. The molecule has 0 atom stereocenters.